The minimum atomic E-state index is -1.18. The molecule has 2 aliphatic rings. The maximum Gasteiger partial charge on any atom is 0.223 e. The van der Waals surface area contributed by atoms with Crippen molar-refractivity contribution in [1.29, 1.82) is 0 Å². The fraction of sp³-hybridized carbons (Fsp3) is 0.457. The lowest BCUT2D eigenvalue weighted by molar-refractivity contribution is -0.126. The maximum absolute atomic E-state index is 12.7. The van der Waals surface area contributed by atoms with Crippen LogP contribution in [-0.4, -0.2) is 65.3 Å². The molecule has 0 radical (unpaired) electrons. The Hall–Kier alpha value is -4.51. The molecule has 0 bridgehead atoms. The van der Waals surface area contributed by atoms with E-state index < -0.39 is 11.2 Å². The monoisotopic (exact) mass is 816 g/mol. The van der Waals surface area contributed by atoms with Gasteiger partial charge in [-0.25, -0.2) is 0 Å². The van der Waals surface area contributed by atoms with E-state index in [1.54, 1.807) is 42.5 Å². The standard InChI is InChI=1S/C26H28ClNO5.C20H26ClNO2/c1-32-21-8-10-24(33-2)22(16-21)23(29)9-11-25(30)28-20-7-4-13-26(31,17-20)14-12-18-5-3-6-19(27)15-18;1-3-16(4-2)19(23)22-18-9-6-11-20(24,14-18)12-10-15-7-5-8-17(21)13-15/h3,5-6,8,10,15-16,20,31H,4,7,9,11,13,17H2,1-2H3,(H,28,30);5,7-8,13,16,18,24H,3-4,6,9,11,14H2,1-2H3,(H,22,23)/t20-,26+;18-,20+/m00/s1. The number of hydrogen-bond acceptors (Lipinski definition) is 7. The summed E-state index contributed by atoms with van der Waals surface area (Å²) in [7, 11) is 3.01. The van der Waals surface area contributed by atoms with Gasteiger partial charge in [0.05, 0.1) is 19.8 Å². The summed E-state index contributed by atoms with van der Waals surface area (Å²) in [6, 6.07) is 19.2. The topological polar surface area (TPSA) is 134 Å². The summed E-state index contributed by atoms with van der Waals surface area (Å²) >= 11 is 12.0. The Kier molecular flexibility index (Phi) is 17.3. The lowest BCUT2D eigenvalue weighted by Gasteiger charge is -2.34. The lowest BCUT2D eigenvalue weighted by Crippen LogP contribution is -2.46. The van der Waals surface area contributed by atoms with E-state index in [4.69, 9.17) is 32.7 Å². The van der Waals surface area contributed by atoms with Crippen LogP contribution in [-0.2, 0) is 9.59 Å². The first-order valence-electron chi connectivity index (χ1n) is 19.6. The van der Waals surface area contributed by atoms with Crippen LogP contribution in [0.2, 0.25) is 10.0 Å². The van der Waals surface area contributed by atoms with Crippen LogP contribution in [0.25, 0.3) is 0 Å². The van der Waals surface area contributed by atoms with E-state index in [2.05, 4.69) is 34.3 Å². The van der Waals surface area contributed by atoms with Gasteiger partial charge in [0.25, 0.3) is 0 Å². The van der Waals surface area contributed by atoms with Crippen molar-refractivity contribution in [2.45, 2.75) is 114 Å². The Balaban J connectivity index is 0.000000266. The summed E-state index contributed by atoms with van der Waals surface area (Å²) in [6.45, 7) is 4.06. The molecule has 2 saturated carbocycles. The van der Waals surface area contributed by atoms with Crippen LogP contribution >= 0.6 is 23.2 Å². The zero-order valence-electron chi connectivity index (χ0n) is 33.3. The number of ketones is 1. The van der Waals surface area contributed by atoms with Crippen molar-refractivity contribution in [1.82, 2.24) is 10.6 Å². The molecule has 0 aliphatic heterocycles. The molecule has 4 atom stereocenters. The van der Waals surface area contributed by atoms with Crippen molar-refractivity contribution in [3.05, 3.63) is 93.5 Å². The Bertz CT molecular complexity index is 1980. The highest BCUT2D eigenvalue weighted by molar-refractivity contribution is 6.31. The highest BCUT2D eigenvalue weighted by Gasteiger charge is 2.35. The number of carbonyl (C=O) groups is 3. The number of aliphatic hydroxyl groups is 2. The maximum atomic E-state index is 12.7. The average Bonchev–Trinajstić information content (AvgIpc) is 3.19. The number of nitrogens with one attached hydrogen (secondary N) is 2. The van der Waals surface area contributed by atoms with Crippen molar-refractivity contribution in [3.8, 4) is 35.2 Å². The number of carbonyl (C=O) groups excluding carboxylic acids is 3. The molecule has 3 aromatic carbocycles. The van der Waals surface area contributed by atoms with Gasteiger partial charge in [0, 0.05) is 64.9 Å². The molecule has 5 rings (SSSR count). The lowest BCUT2D eigenvalue weighted by atomic mass is 9.81. The molecule has 9 nitrogen and oxygen atoms in total. The molecular weight excluding hydrogens is 763 g/mol. The van der Waals surface area contributed by atoms with Crippen molar-refractivity contribution < 1.29 is 34.1 Å². The van der Waals surface area contributed by atoms with Crippen LogP contribution in [0.1, 0.15) is 112 Å². The van der Waals surface area contributed by atoms with Crippen LogP contribution in [0, 0.1) is 29.6 Å². The molecule has 0 saturated heterocycles. The number of methoxy groups -OCH3 is 2. The molecule has 0 aromatic heterocycles. The number of halogens is 2. The average molecular weight is 818 g/mol. The minimum Gasteiger partial charge on any atom is -0.497 e. The van der Waals surface area contributed by atoms with Crippen LogP contribution in [0.5, 0.6) is 11.5 Å². The molecule has 0 heterocycles. The van der Waals surface area contributed by atoms with Gasteiger partial charge in [-0.3, -0.25) is 14.4 Å². The van der Waals surface area contributed by atoms with Gasteiger partial charge in [0.2, 0.25) is 11.8 Å². The third-order valence-electron chi connectivity index (χ3n) is 10.3. The largest absolute Gasteiger partial charge is 0.497 e. The number of hydrogen-bond donors (Lipinski definition) is 4. The van der Waals surface area contributed by atoms with E-state index in [9.17, 15) is 24.6 Å². The second kappa shape index (κ2) is 21.9. The van der Waals surface area contributed by atoms with Crippen LogP contribution in [0.3, 0.4) is 0 Å². The van der Waals surface area contributed by atoms with E-state index in [-0.39, 0.29) is 48.4 Å². The van der Waals surface area contributed by atoms with Gasteiger partial charge in [-0.15, -0.1) is 0 Å². The summed E-state index contributed by atoms with van der Waals surface area (Å²) in [4.78, 5) is 37.4. The number of amides is 2. The smallest absolute Gasteiger partial charge is 0.223 e. The molecule has 2 aliphatic carbocycles. The number of rotatable bonds is 11. The summed E-state index contributed by atoms with van der Waals surface area (Å²) in [5.41, 5.74) is -0.324. The molecule has 11 heteroatoms. The molecule has 3 aromatic rings. The van der Waals surface area contributed by atoms with Gasteiger partial charge in [-0.05, 0) is 106 Å². The van der Waals surface area contributed by atoms with Gasteiger partial charge in [-0.1, -0.05) is 72.9 Å². The first kappa shape index (κ1) is 45.2. The zero-order chi connectivity index (χ0) is 41.4. The summed E-state index contributed by atoms with van der Waals surface area (Å²) in [5.74, 6) is 12.7. The number of benzene rings is 3. The van der Waals surface area contributed by atoms with E-state index in [0.717, 1.165) is 49.7 Å². The fourth-order valence-electron chi connectivity index (χ4n) is 7.16. The quantitative estimate of drug-likeness (QED) is 0.114. The highest BCUT2D eigenvalue weighted by atomic mass is 35.5. The van der Waals surface area contributed by atoms with E-state index in [1.807, 2.05) is 38.1 Å². The summed E-state index contributed by atoms with van der Waals surface area (Å²) in [5, 5.41) is 29.0. The van der Waals surface area contributed by atoms with Gasteiger partial charge in [0.15, 0.2) is 5.78 Å². The first-order chi connectivity index (χ1) is 27.3. The SMILES string of the molecule is CCC(CC)C(=O)N[C@H]1CCC[C@@](O)(C#Cc2cccc(Cl)c2)C1.COc1ccc(OC)c(C(=O)CCC(=O)N[C@H]2CCC[C@@](O)(C#Cc3cccc(Cl)c3)C2)c1. The second-order valence-corrected chi connectivity index (χ2v) is 15.6. The highest BCUT2D eigenvalue weighted by Crippen LogP contribution is 2.30. The van der Waals surface area contributed by atoms with E-state index in [0.29, 0.717) is 52.8 Å². The summed E-state index contributed by atoms with van der Waals surface area (Å²) < 4.78 is 10.4. The fourth-order valence-corrected chi connectivity index (χ4v) is 7.54. The first-order valence-corrected chi connectivity index (χ1v) is 20.4. The predicted octanol–water partition coefficient (Wildman–Crippen LogP) is 8.08. The van der Waals surface area contributed by atoms with Crippen molar-refractivity contribution in [3.63, 3.8) is 0 Å². The normalized spacial score (nSPS) is 21.3. The number of ether oxygens (including phenoxy) is 2. The van der Waals surface area contributed by atoms with Gasteiger partial charge in [0.1, 0.15) is 22.7 Å². The van der Waals surface area contributed by atoms with Gasteiger partial charge in [-0.2, -0.15) is 0 Å². The molecule has 0 unspecified atom stereocenters. The molecule has 2 fully saturated rings. The van der Waals surface area contributed by atoms with E-state index in [1.165, 1.54) is 14.2 Å². The van der Waals surface area contributed by atoms with E-state index >= 15 is 0 Å². The number of Topliss-reactive ketones (excluding diaryl/α,β-unsaturated/α-hetero) is 1. The Morgan fingerprint density at radius 2 is 1.32 bits per heavy atom. The van der Waals surface area contributed by atoms with Gasteiger partial charge < -0.3 is 30.3 Å². The molecule has 57 heavy (non-hydrogen) atoms. The Morgan fingerprint density at radius 1 is 0.772 bits per heavy atom. The van der Waals surface area contributed by atoms with Crippen molar-refractivity contribution in [2.24, 2.45) is 5.92 Å². The predicted molar refractivity (Wildman–Crippen MR) is 225 cm³/mol. The van der Waals surface area contributed by atoms with Crippen molar-refractivity contribution in [2.75, 3.05) is 14.2 Å². The molecular formula is C46H54Cl2N2O7. The molecule has 4 N–H and O–H groups in total. The molecule has 2 amide bonds. The third kappa shape index (κ3) is 14.4. The van der Waals surface area contributed by atoms with Crippen LogP contribution < -0.4 is 20.1 Å². The summed E-state index contributed by atoms with van der Waals surface area (Å²) in [6.07, 6.45) is 7.01. The molecule has 304 valence electrons. The van der Waals surface area contributed by atoms with Crippen molar-refractivity contribution >= 4 is 40.8 Å². The zero-order valence-corrected chi connectivity index (χ0v) is 34.8. The Morgan fingerprint density at radius 3 is 1.81 bits per heavy atom. The van der Waals surface area contributed by atoms with Crippen LogP contribution in [0.4, 0.5) is 0 Å². The second-order valence-electron chi connectivity index (χ2n) is 14.7. The minimum absolute atomic E-state index is 0.00879. The third-order valence-corrected chi connectivity index (χ3v) is 10.8. The van der Waals surface area contributed by atoms with Crippen LogP contribution in [0.15, 0.2) is 66.7 Å². The molecule has 0 spiro atoms. The Labute approximate surface area is 347 Å². The van der Waals surface area contributed by atoms with Gasteiger partial charge >= 0.3 is 0 Å².